The van der Waals surface area contributed by atoms with Gasteiger partial charge in [0, 0.05) is 6.42 Å². The summed E-state index contributed by atoms with van der Waals surface area (Å²) in [6.45, 7) is 4.17. The third kappa shape index (κ3) is 3.72. The van der Waals surface area contributed by atoms with E-state index in [1.54, 1.807) is 0 Å². The Morgan fingerprint density at radius 2 is 2.13 bits per heavy atom. The van der Waals surface area contributed by atoms with E-state index < -0.39 is 0 Å². The molecule has 1 aromatic carbocycles. The van der Waals surface area contributed by atoms with Gasteiger partial charge in [-0.15, -0.1) is 0 Å². The molecule has 0 radical (unpaired) electrons. The highest BCUT2D eigenvalue weighted by Crippen LogP contribution is 2.13. The summed E-state index contributed by atoms with van der Waals surface area (Å²) in [5.74, 6) is 4.91. The topological polar surface area (TPSA) is 55.1 Å². The second-order valence-corrected chi connectivity index (χ2v) is 3.85. The number of amides is 1. The van der Waals surface area contributed by atoms with Crippen LogP contribution in [0.4, 0.5) is 0 Å². The predicted molar refractivity (Wildman–Crippen MR) is 61.2 cm³/mol. The van der Waals surface area contributed by atoms with Gasteiger partial charge in [0.25, 0.3) is 0 Å². The zero-order valence-corrected chi connectivity index (χ0v) is 9.34. The molecule has 15 heavy (non-hydrogen) atoms. The van der Waals surface area contributed by atoms with Crippen molar-refractivity contribution >= 4 is 5.91 Å². The maximum atomic E-state index is 10.9. The molecule has 0 heterocycles. The highest BCUT2D eigenvalue weighted by molar-refractivity contribution is 5.75. The molecule has 82 valence electrons. The lowest BCUT2D eigenvalue weighted by Gasteiger charge is -2.06. The van der Waals surface area contributed by atoms with E-state index in [-0.39, 0.29) is 5.91 Å². The second kappa shape index (κ2) is 5.51. The van der Waals surface area contributed by atoms with Crippen molar-refractivity contribution in [2.45, 2.75) is 33.1 Å². The van der Waals surface area contributed by atoms with Gasteiger partial charge in [-0.1, -0.05) is 23.8 Å². The summed E-state index contributed by atoms with van der Waals surface area (Å²) < 4.78 is 0. The minimum atomic E-state index is -0.0969. The lowest BCUT2D eigenvalue weighted by Crippen LogP contribution is -2.29. The highest BCUT2D eigenvalue weighted by atomic mass is 16.2. The SMILES string of the molecule is Cc1ccc(C)c(CCCC(=O)NN)c1. The first-order valence-electron chi connectivity index (χ1n) is 5.19. The van der Waals surface area contributed by atoms with Crippen LogP contribution in [0.1, 0.15) is 29.5 Å². The molecule has 1 aromatic rings. The van der Waals surface area contributed by atoms with Crippen molar-refractivity contribution < 1.29 is 4.79 Å². The van der Waals surface area contributed by atoms with Crippen LogP contribution in [0, 0.1) is 13.8 Å². The number of hydrogen-bond donors (Lipinski definition) is 2. The standard InChI is InChI=1S/C12H18N2O/c1-9-6-7-10(2)11(8-9)4-3-5-12(15)14-13/h6-8H,3-5,13H2,1-2H3,(H,14,15). The van der Waals surface area contributed by atoms with Crippen LogP contribution < -0.4 is 11.3 Å². The van der Waals surface area contributed by atoms with E-state index in [4.69, 9.17) is 5.84 Å². The summed E-state index contributed by atoms with van der Waals surface area (Å²) in [6.07, 6.45) is 2.26. The first-order valence-corrected chi connectivity index (χ1v) is 5.19. The number of aryl methyl sites for hydroxylation is 3. The fraction of sp³-hybridized carbons (Fsp3) is 0.417. The molecule has 3 nitrogen and oxygen atoms in total. The average molecular weight is 206 g/mol. The number of benzene rings is 1. The van der Waals surface area contributed by atoms with Crippen LogP contribution in [0.15, 0.2) is 18.2 Å². The van der Waals surface area contributed by atoms with Crippen LogP contribution in [-0.2, 0) is 11.2 Å². The smallest absolute Gasteiger partial charge is 0.233 e. The van der Waals surface area contributed by atoms with Crippen LogP contribution in [0.2, 0.25) is 0 Å². The van der Waals surface area contributed by atoms with Gasteiger partial charge >= 0.3 is 0 Å². The molecule has 0 aromatic heterocycles. The first-order chi connectivity index (χ1) is 7.13. The molecule has 3 heteroatoms. The van der Waals surface area contributed by atoms with E-state index in [0.29, 0.717) is 6.42 Å². The Morgan fingerprint density at radius 3 is 2.80 bits per heavy atom. The van der Waals surface area contributed by atoms with Crippen LogP contribution in [-0.4, -0.2) is 5.91 Å². The summed E-state index contributed by atoms with van der Waals surface area (Å²) in [5, 5.41) is 0. The monoisotopic (exact) mass is 206 g/mol. The fourth-order valence-electron chi connectivity index (χ4n) is 1.58. The molecule has 0 saturated carbocycles. The van der Waals surface area contributed by atoms with E-state index in [1.807, 2.05) is 0 Å². The quantitative estimate of drug-likeness (QED) is 0.447. The highest BCUT2D eigenvalue weighted by Gasteiger charge is 2.01. The zero-order chi connectivity index (χ0) is 11.3. The van der Waals surface area contributed by atoms with Crippen molar-refractivity contribution in [2.75, 3.05) is 0 Å². The molecule has 0 aliphatic heterocycles. The molecular formula is C12H18N2O. The third-order valence-corrected chi connectivity index (χ3v) is 2.52. The third-order valence-electron chi connectivity index (χ3n) is 2.52. The van der Waals surface area contributed by atoms with Crippen molar-refractivity contribution in [3.05, 3.63) is 34.9 Å². The summed E-state index contributed by atoms with van der Waals surface area (Å²) in [4.78, 5) is 10.9. The van der Waals surface area contributed by atoms with Gasteiger partial charge in [-0.25, -0.2) is 5.84 Å². The molecule has 3 N–H and O–H groups in total. The van der Waals surface area contributed by atoms with Crippen LogP contribution in [0.25, 0.3) is 0 Å². The number of rotatable bonds is 4. The second-order valence-electron chi connectivity index (χ2n) is 3.85. The summed E-state index contributed by atoms with van der Waals surface area (Å²) in [7, 11) is 0. The van der Waals surface area contributed by atoms with E-state index in [2.05, 4.69) is 37.5 Å². The average Bonchev–Trinajstić information content (AvgIpc) is 2.23. The molecule has 1 rings (SSSR count). The minimum absolute atomic E-state index is 0.0969. The summed E-state index contributed by atoms with van der Waals surface area (Å²) >= 11 is 0. The van der Waals surface area contributed by atoms with E-state index in [0.717, 1.165) is 12.8 Å². The Balaban J connectivity index is 2.50. The molecule has 0 atom stereocenters. The molecule has 0 spiro atoms. The molecule has 1 amide bonds. The Morgan fingerprint density at radius 1 is 1.40 bits per heavy atom. The van der Waals surface area contributed by atoms with E-state index in [9.17, 15) is 4.79 Å². The van der Waals surface area contributed by atoms with Crippen LogP contribution in [0.3, 0.4) is 0 Å². The molecule has 0 aliphatic carbocycles. The number of nitrogens with one attached hydrogen (secondary N) is 1. The molecule has 0 bridgehead atoms. The lowest BCUT2D eigenvalue weighted by molar-refractivity contribution is -0.121. The van der Waals surface area contributed by atoms with Gasteiger partial charge in [0.2, 0.25) is 5.91 Å². The summed E-state index contributed by atoms with van der Waals surface area (Å²) in [5.41, 5.74) is 6.01. The lowest BCUT2D eigenvalue weighted by atomic mass is 10.0. The van der Waals surface area contributed by atoms with Crippen molar-refractivity contribution in [2.24, 2.45) is 5.84 Å². The van der Waals surface area contributed by atoms with Gasteiger partial charge in [0.05, 0.1) is 0 Å². The van der Waals surface area contributed by atoms with Gasteiger partial charge in [0.1, 0.15) is 0 Å². The number of nitrogens with two attached hydrogens (primary N) is 1. The molecule has 0 aliphatic rings. The van der Waals surface area contributed by atoms with Crippen molar-refractivity contribution in [1.29, 1.82) is 0 Å². The molecule has 0 fully saturated rings. The molecular weight excluding hydrogens is 188 g/mol. The Labute approximate surface area is 90.6 Å². The molecule has 0 unspecified atom stereocenters. The fourth-order valence-corrected chi connectivity index (χ4v) is 1.58. The predicted octanol–water partition coefficient (Wildman–Crippen LogP) is 1.62. The van der Waals surface area contributed by atoms with Gasteiger partial charge in [-0.2, -0.15) is 0 Å². The van der Waals surface area contributed by atoms with E-state index >= 15 is 0 Å². The van der Waals surface area contributed by atoms with Gasteiger partial charge in [-0.3, -0.25) is 10.2 Å². The van der Waals surface area contributed by atoms with Crippen molar-refractivity contribution in [1.82, 2.24) is 5.43 Å². The maximum absolute atomic E-state index is 10.9. The zero-order valence-electron chi connectivity index (χ0n) is 9.34. The largest absolute Gasteiger partial charge is 0.294 e. The molecule has 0 saturated heterocycles. The number of carbonyl (C=O) groups excluding carboxylic acids is 1. The Bertz CT molecular complexity index is 347. The van der Waals surface area contributed by atoms with Gasteiger partial charge in [-0.05, 0) is 37.8 Å². The van der Waals surface area contributed by atoms with Gasteiger partial charge in [0.15, 0.2) is 0 Å². The Kier molecular flexibility index (Phi) is 4.31. The minimum Gasteiger partial charge on any atom is -0.294 e. The maximum Gasteiger partial charge on any atom is 0.233 e. The van der Waals surface area contributed by atoms with E-state index in [1.165, 1.54) is 16.7 Å². The number of hydrogen-bond acceptors (Lipinski definition) is 2. The number of carbonyl (C=O) groups is 1. The summed E-state index contributed by atoms with van der Waals surface area (Å²) in [6, 6.07) is 6.40. The number of hydrazine groups is 1. The van der Waals surface area contributed by atoms with Crippen LogP contribution >= 0.6 is 0 Å². The van der Waals surface area contributed by atoms with Crippen molar-refractivity contribution in [3.8, 4) is 0 Å². The van der Waals surface area contributed by atoms with Crippen LogP contribution in [0.5, 0.6) is 0 Å². The Hall–Kier alpha value is -1.35. The van der Waals surface area contributed by atoms with Gasteiger partial charge < -0.3 is 0 Å². The van der Waals surface area contributed by atoms with Crippen molar-refractivity contribution in [3.63, 3.8) is 0 Å². The normalized spacial score (nSPS) is 10.1. The first kappa shape index (κ1) is 11.7.